The maximum atomic E-state index is 12.8. The number of rotatable bonds is 4. The Bertz CT molecular complexity index is 334. The van der Waals surface area contributed by atoms with Crippen molar-refractivity contribution in [3.05, 3.63) is 0 Å². The van der Waals surface area contributed by atoms with Crippen LogP contribution in [0.1, 0.15) is 72.1 Å². The Balaban J connectivity index is 1.92. The first-order valence-corrected chi connectivity index (χ1v) is 8.85. The number of hydrogen-bond donors (Lipinski definition) is 1. The molecule has 0 radical (unpaired) electrons. The Morgan fingerprint density at radius 3 is 2.10 bits per heavy atom. The highest BCUT2D eigenvalue weighted by Crippen LogP contribution is 2.40. The van der Waals surface area contributed by atoms with Crippen molar-refractivity contribution >= 4 is 5.91 Å². The van der Waals surface area contributed by atoms with E-state index in [-0.39, 0.29) is 12.5 Å². The number of nitrogens with zero attached hydrogens (tertiary/aromatic N) is 1. The summed E-state index contributed by atoms with van der Waals surface area (Å²) < 4.78 is 0. The van der Waals surface area contributed by atoms with Gasteiger partial charge in [0.15, 0.2) is 0 Å². The first-order valence-electron chi connectivity index (χ1n) is 8.85. The van der Waals surface area contributed by atoms with Crippen LogP contribution in [0.3, 0.4) is 0 Å². The fourth-order valence-electron chi connectivity index (χ4n) is 4.24. The molecule has 0 aromatic carbocycles. The van der Waals surface area contributed by atoms with Crippen LogP contribution in [0, 0.1) is 17.3 Å². The molecule has 0 spiro atoms. The molecule has 21 heavy (non-hydrogen) atoms. The number of amides is 1. The van der Waals surface area contributed by atoms with Gasteiger partial charge in [0.2, 0.25) is 5.91 Å². The minimum Gasteiger partial charge on any atom is -0.395 e. The second-order valence-electron chi connectivity index (χ2n) is 8.11. The van der Waals surface area contributed by atoms with E-state index in [1.807, 2.05) is 4.90 Å². The van der Waals surface area contributed by atoms with E-state index in [4.69, 9.17) is 0 Å². The minimum atomic E-state index is 0.0968. The summed E-state index contributed by atoms with van der Waals surface area (Å²) in [5, 5.41) is 9.30. The van der Waals surface area contributed by atoms with E-state index < -0.39 is 0 Å². The monoisotopic (exact) mass is 295 g/mol. The summed E-state index contributed by atoms with van der Waals surface area (Å²) in [5.41, 5.74) is 0.365. The molecule has 0 heterocycles. The molecular weight excluding hydrogens is 262 g/mol. The van der Waals surface area contributed by atoms with Gasteiger partial charge in [0.1, 0.15) is 0 Å². The molecule has 1 N–H and O–H groups in total. The lowest BCUT2D eigenvalue weighted by molar-refractivity contribution is -0.140. The number of aliphatic hydroxyl groups is 1. The third-order valence-electron chi connectivity index (χ3n) is 5.69. The predicted molar refractivity (Wildman–Crippen MR) is 86.0 cm³/mol. The summed E-state index contributed by atoms with van der Waals surface area (Å²) in [4.78, 5) is 14.9. The lowest BCUT2D eigenvalue weighted by Gasteiger charge is -2.39. The van der Waals surface area contributed by atoms with E-state index in [2.05, 4.69) is 20.8 Å². The Hall–Kier alpha value is -0.570. The summed E-state index contributed by atoms with van der Waals surface area (Å²) in [6.45, 7) is 7.57. The molecule has 0 aromatic rings. The molecule has 2 rings (SSSR count). The van der Waals surface area contributed by atoms with Gasteiger partial charge in [-0.3, -0.25) is 4.79 Å². The molecule has 2 fully saturated rings. The Labute approximate surface area is 130 Å². The number of aliphatic hydroxyl groups excluding tert-OH is 1. The SMILES string of the molecule is CC(C)(C)C1CCC(C(=O)N(CCO)C2CCCC2)CC1. The Morgan fingerprint density at radius 1 is 1.05 bits per heavy atom. The van der Waals surface area contributed by atoms with E-state index >= 15 is 0 Å². The molecule has 0 atom stereocenters. The van der Waals surface area contributed by atoms with Crippen molar-refractivity contribution < 1.29 is 9.90 Å². The molecule has 0 aromatic heterocycles. The second-order valence-corrected chi connectivity index (χ2v) is 8.11. The molecule has 2 aliphatic carbocycles. The Morgan fingerprint density at radius 2 is 1.62 bits per heavy atom. The zero-order valence-electron chi connectivity index (χ0n) is 14.1. The third kappa shape index (κ3) is 4.21. The molecule has 1 amide bonds. The molecule has 2 aliphatic rings. The molecule has 0 saturated heterocycles. The largest absolute Gasteiger partial charge is 0.395 e. The average Bonchev–Trinajstić information content (AvgIpc) is 2.97. The third-order valence-corrected chi connectivity index (χ3v) is 5.69. The summed E-state index contributed by atoms with van der Waals surface area (Å²) in [6.07, 6.45) is 9.15. The standard InChI is InChI=1S/C18H33NO2/c1-18(2,3)15-10-8-14(9-11-15)17(21)19(12-13-20)16-6-4-5-7-16/h14-16,20H,4-13H2,1-3H3. The van der Waals surface area contributed by atoms with Crippen LogP contribution < -0.4 is 0 Å². The maximum absolute atomic E-state index is 12.8. The van der Waals surface area contributed by atoms with E-state index in [0.717, 1.165) is 31.6 Å². The van der Waals surface area contributed by atoms with Crippen molar-refractivity contribution in [2.24, 2.45) is 17.3 Å². The van der Waals surface area contributed by atoms with Gasteiger partial charge in [-0.25, -0.2) is 0 Å². The first kappa shape index (κ1) is 16.8. The van der Waals surface area contributed by atoms with Crippen molar-refractivity contribution in [1.82, 2.24) is 4.90 Å². The van der Waals surface area contributed by atoms with Crippen LogP contribution in [0.15, 0.2) is 0 Å². The second kappa shape index (κ2) is 7.13. The van der Waals surface area contributed by atoms with Crippen molar-refractivity contribution in [2.75, 3.05) is 13.2 Å². The molecular formula is C18H33NO2. The van der Waals surface area contributed by atoms with Gasteiger partial charge in [0, 0.05) is 18.5 Å². The van der Waals surface area contributed by atoms with Gasteiger partial charge in [-0.1, -0.05) is 33.6 Å². The normalized spacial score (nSPS) is 27.8. The van der Waals surface area contributed by atoms with Crippen LogP contribution in [0.2, 0.25) is 0 Å². The highest BCUT2D eigenvalue weighted by molar-refractivity contribution is 5.79. The highest BCUT2D eigenvalue weighted by Gasteiger charge is 2.36. The van der Waals surface area contributed by atoms with Gasteiger partial charge < -0.3 is 10.0 Å². The number of carbonyl (C=O) groups excluding carboxylic acids is 1. The van der Waals surface area contributed by atoms with Crippen LogP contribution in [0.5, 0.6) is 0 Å². The van der Waals surface area contributed by atoms with E-state index in [9.17, 15) is 9.90 Å². The zero-order chi connectivity index (χ0) is 15.5. The van der Waals surface area contributed by atoms with Crippen molar-refractivity contribution in [2.45, 2.75) is 78.2 Å². The van der Waals surface area contributed by atoms with Gasteiger partial charge in [0.25, 0.3) is 0 Å². The maximum Gasteiger partial charge on any atom is 0.226 e. The molecule has 122 valence electrons. The van der Waals surface area contributed by atoms with Crippen molar-refractivity contribution in [1.29, 1.82) is 0 Å². The van der Waals surface area contributed by atoms with E-state index in [1.165, 1.54) is 25.7 Å². The Kier molecular flexibility index (Phi) is 5.70. The summed E-state index contributed by atoms with van der Waals surface area (Å²) in [6, 6.07) is 0.394. The minimum absolute atomic E-state index is 0.0968. The highest BCUT2D eigenvalue weighted by atomic mass is 16.3. The zero-order valence-corrected chi connectivity index (χ0v) is 14.1. The smallest absolute Gasteiger partial charge is 0.226 e. The number of carbonyl (C=O) groups is 1. The average molecular weight is 295 g/mol. The van der Waals surface area contributed by atoms with Crippen LogP contribution in [-0.2, 0) is 4.79 Å². The van der Waals surface area contributed by atoms with Gasteiger partial charge >= 0.3 is 0 Å². The van der Waals surface area contributed by atoms with Gasteiger partial charge in [-0.15, -0.1) is 0 Å². The van der Waals surface area contributed by atoms with Crippen molar-refractivity contribution in [3.8, 4) is 0 Å². The van der Waals surface area contributed by atoms with Gasteiger partial charge in [-0.2, -0.15) is 0 Å². The van der Waals surface area contributed by atoms with Gasteiger partial charge in [-0.05, 0) is 49.9 Å². The first-order chi connectivity index (χ1) is 9.93. The van der Waals surface area contributed by atoms with Crippen molar-refractivity contribution in [3.63, 3.8) is 0 Å². The molecule has 0 bridgehead atoms. The number of hydrogen-bond acceptors (Lipinski definition) is 2. The molecule has 3 nitrogen and oxygen atoms in total. The van der Waals surface area contributed by atoms with Gasteiger partial charge in [0.05, 0.1) is 6.61 Å². The quantitative estimate of drug-likeness (QED) is 0.861. The fourth-order valence-corrected chi connectivity index (χ4v) is 4.24. The van der Waals surface area contributed by atoms with Crippen LogP contribution in [0.4, 0.5) is 0 Å². The lowest BCUT2D eigenvalue weighted by Crippen LogP contribution is -2.45. The van der Waals surface area contributed by atoms with Crippen LogP contribution >= 0.6 is 0 Å². The van der Waals surface area contributed by atoms with E-state index in [1.54, 1.807) is 0 Å². The molecule has 0 unspecified atom stereocenters. The molecule has 0 aliphatic heterocycles. The summed E-state index contributed by atoms with van der Waals surface area (Å²) >= 11 is 0. The summed E-state index contributed by atoms with van der Waals surface area (Å²) in [5.74, 6) is 1.28. The summed E-state index contributed by atoms with van der Waals surface area (Å²) in [7, 11) is 0. The topological polar surface area (TPSA) is 40.5 Å². The lowest BCUT2D eigenvalue weighted by atomic mass is 9.69. The molecule has 3 heteroatoms. The molecule has 2 saturated carbocycles. The van der Waals surface area contributed by atoms with E-state index in [0.29, 0.717) is 23.9 Å². The fraction of sp³-hybridized carbons (Fsp3) is 0.944. The predicted octanol–water partition coefficient (Wildman–Crippen LogP) is 3.60. The van der Waals surface area contributed by atoms with Crippen LogP contribution in [-0.4, -0.2) is 35.1 Å². The van der Waals surface area contributed by atoms with Crippen LogP contribution in [0.25, 0.3) is 0 Å².